The lowest BCUT2D eigenvalue weighted by Gasteiger charge is -2.37. The maximum Gasteiger partial charge on any atom is 0.350 e. The van der Waals surface area contributed by atoms with E-state index in [1.54, 1.807) is 15.3 Å². The van der Waals surface area contributed by atoms with E-state index in [2.05, 4.69) is 14.9 Å². The molecule has 136 valence electrons. The van der Waals surface area contributed by atoms with Crippen LogP contribution in [0.4, 0.5) is 0 Å². The van der Waals surface area contributed by atoms with E-state index in [4.69, 9.17) is 0 Å². The van der Waals surface area contributed by atoms with Crippen LogP contribution in [0.15, 0.2) is 29.2 Å². The number of piperazine rings is 1. The third-order valence-corrected chi connectivity index (χ3v) is 5.82. The quantitative estimate of drug-likeness (QED) is 0.829. The van der Waals surface area contributed by atoms with Gasteiger partial charge in [0.15, 0.2) is 5.65 Å². The molecule has 1 saturated carbocycles. The highest BCUT2D eigenvalue weighted by Gasteiger charge is 2.21. The molecule has 0 radical (unpaired) electrons. The molecule has 2 fully saturated rings. The third kappa shape index (κ3) is 3.96. The zero-order valence-electron chi connectivity index (χ0n) is 15.0. The van der Waals surface area contributed by atoms with Gasteiger partial charge in [-0.15, -0.1) is 5.10 Å². The fourth-order valence-corrected chi connectivity index (χ4v) is 4.28. The summed E-state index contributed by atoms with van der Waals surface area (Å²) in [5, 5.41) is 4.42. The molecule has 6 nitrogen and oxygen atoms in total. The Morgan fingerprint density at radius 3 is 2.48 bits per heavy atom. The Morgan fingerprint density at radius 2 is 1.72 bits per heavy atom. The molecule has 4 rings (SSSR count). The molecule has 2 aromatic rings. The largest absolute Gasteiger partial charge is 0.350 e. The summed E-state index contributed by atoms with van der Waals surface area (Å²) in [7, 11) is 0. The summed E-state index contributed by atoms with van der Waals surface area (Å²) in [6.45, 7) is 7.40. The molecule has 6 heteroatoms. The Bertz CT molecular complexity index is 738. The van der Waals surface area contributed by atoms with Crippen molar-refractivity contribution in [1.82, 2.24) is 24.0 Å². The van der Waals surface area contributed by atoms with Gasteiger partial charge in [-0.05, 0) is 30.9 Å². The molecule has 0 N–H and O–H groups in total. The van der Waals surface area contributed by atoms with Gasteiger partial charge in [0.2, 0.25) is 0 Å². The Hall–Kier alpha value is -1.66. The average Bonchev–Trinajstić information content (AvgIpc) is 2.98. The minimum absolute atomic E-state index is 0.0356. The number of fused-ring (bicyclic) bond motifs is 1. The maximum atomic E-state index is 12.3. The molecular formula is C19H29N5O. The first-order chi connectivity index (χ1) is 12.3. The minimum Gasteiger partial charge on any atom is -0.301 e. The second-order valence-electron chi connectivity index (χ2n) is 7.58. The molecule has 1 saturated heterocycles. The van der Waals surface area contributed by atoms with Crippen molar-refractivity contribution in [1.29, 1.82) is 0 Å². The Labute approximate surface area is 149 Å². The molecule has 1 aliphatic carbocycles. The highest BCUT2D eigenvalue weighted by atomic mass is 16.2. The first-order valence-corrected chi connectivity index (χ1v) is 9.78. The van der Waals surface area contributed by atoms with Gasteiger partial charge in [0.1, 0.15) is 0 Å². The normalized spacial score (nSPS) is 21.1. The molecule has 0 amide bonds. The van der Waals surface area contributed by atoms with E-state index in [0.29, 0.717) is 6.54 Å². The summed E-state index contributed by atoms with van der Waals surface area (Å²) < 4.78 is 3.21. The number of pyridine rings is 1. The molecule has 0 atom stereocenters. The lowest BCUT2D eigenvalue weighted by Crippen LogP contribution is -2.48. The van der Waals surface area contributed by atoms with Gasteiger partial charge in [-0.25, -0.2) is 9.48 Å². The van der Waals surface area contributed by atoms with Crippen molar-refractivity contribution >= 4 is 5.65 Å². The van der Waals surface area contributed by atoms with Crippen molar-refractivity contribution in [3.63, 3.8) is 0 Å². The minimum atomic E-state index is -0.0356. The van der Waals surface area contributed by atoms with Gasteiger partial charge in [-0.3, -0.25) is 9.30 Å². The monoisotopic (exact) mass is 343 g/mol. The van der Waals surface area contributed by atoms with Crippen LogP contribution in [0.2, 0.25) is 0 Å². The molecule has 2 aromatic heterocycles. The Morgan fingerprint density at radius 1 is 0.960 bits per heavy atom. The Kier molecular flexibility index (Phi) is 5.17. The van der Waals surface area contributed by atoms with Gasteiger partial charge in [0.25, 0.3) is 0 Å². The summed E-state index contributed by atoms with van der Waals surface area (Å²) in [5.74, 6) is 0.928. The molecule has 2 aliphatic rings. The average molecular weight is 343 g/mol. The van der Waals surface area contributed by atoms with Crippen LogP contribution in [0, 0.1) is 5.92 Å². The van der Waals surface area contributed by atoms with E-state index in [9.17, 15) is 4.79 Å². The summed E-state index contributed by atoms with van der Waals surface area (Å²) in [6.07, 6.45) is 8.93. The van der Waals surface area contributed by atoms with Gasteiger partial charge in [0.05, 0.1) is 6.54 Å². The smallest absolute Gasteiger partial charge is 0.301 e. The first-order valence-electron chi connectivity index (χ1n) is 9.78. The fourth-order valence-electron chi connectivity index (χ4n) is 4.28. The second-order valence-corrected chi connectivity index (χ2v) is 7.58. The van der Waals surface area contributed by atoms with Crippen molar-refractivity contribution in [3.05, 3.63) is 34.9 Å². The van der Waals surface area contributed by atoms with Gasteiger partial charge >= 0.3 is 5.69 Å². The van der Waals surface area contributed by atoms with Crippen LogP contribution < -0.4 is 5.69 Å². The van der Waals surface area contributed by atoms with Crippen LogP contribution >= 0.6 is 0 Å². The fraction of sp³-hybridized carbons (Fsp3) is 0.684. The lowest BCUT2D eigenvalue weighted by molar-refractivity contribution is 0.106. The molecular weight excluding hydrogens is 314 g/mol. The summed E-state index contributed by atoms with van der Waals surface area (Å²) in [4.78, 5) is 17.4. The number of rotatable bonds is 5. The molecule has 3 heterocycles. The van der Waals surface area contributed by atoms with Crippen molar-refractivity contribution in [2.75, 3.05) is 39.3 Å². The van der Waals surface area contributed by atoms with Gasteiger partial charge in [-0.2, -0.15) is 0 Å². The van der Waals surface area contributed by atoms with Crippen LogP contribution in [0.1, 0.15) is 32.1 Å². The zero-order valence-corrected chi connectivity index (χ0v) is 15.0. The van der Waals surface area contributed by atoms with E-state index in [0.717, 1.165) is 44.3 Å². The zero-order chi connectivity index (χ0) is 17.1. The maximum absolute atomic E-state index is 12.3. The predicted octanol–water partition coefficient (Wildman–Crippen LogP) is 1.69. The molecule has 0 unspecified atom stereocenters. The Balaban J connectivity index is 1.25. The van der Waals surface area contributed by atoms with Crippen LogP contribution in [-0.4, -0.2) is 63.2 Å². The first kappa shape index (κ1) is 16.8. The molecule has 0 bridgehead atoms. The van der Waals surface area contributed by atoms with Gasteiger partial charge < -0.3 is 4.90 Å². The number of aromatic nitrogens is 3. The van der Waals surface area contributed by atoms with E-state index >= 15 is 0 Å². The topological polar surface area (TPSA) is 45.8 Å². The van der Waals surface area contributed by atoms with Crippen molar-refractivity contribution in [3.8, 4) is 0 Å². The second kappa shape index (κ2) is 7.70. The van der Waals surface area contributed by atoms with E-state index < -0.39 is 0 Å². The van der Waals surface area contributed by atoms with Crippen LogP contribution in [-0.2, 0) is 6.54 Å². The molecule has 25 heavy (non-hydrogen) atoms. The van der Waals surface area contributed by atoms with E-state index in [1.807, 2.05) is 18.2 Å². The highest BCUT2D eigenvalue weighted by Crippen LogP contribution is 2.24. The van der Waals surface area contributed by atoms with E-state index in [-0.39, 0.29) is 5.69 Å². The number of nitrogens with zero attached hydrogens (tertiary/aromatic N) is 5. The van der Waals surface area contributed by atoms with Gasteiger partial charge in [0, 0.05) is 45.5 Å². The molecule has 0 aromatic carbocycles. The van der Waals surface area contributed by atoms with Crippen molar-refractivity contribution in [2.45, 2.75) is 38.6 Å². The standard InChI is InChI=1S/C19H29N5O/c25-19-23-9-5-4-8-18(23)20-24(19)15-14-21-10-12-22(13-11-21)16-17-6-2-1-3-7-17/h4-5,8-9,17H,1-3,6-7,10-16H2. The molecule has 0 spiro atoms. The predicted molar refractivity (Wildman–Crippen MR) is 98.9 cm³/mol. The van der Waals surface area contributed by atoms with Crippen LogP contribution in [0.5, 0.6) is 0 Å². The van der Waals surface area contributed by atoms with Gasteiger partial charge in [-0.1, -0.05) is 25.3 Å². The van der Waals surface area contributed by atoms with Crippen molar-refractivity contribution < 1.29 is 0 Å². The summed E-state index contributed by atoms with van der Waals surface area (Å²) in [6, 6.07) is 5.66. The van der Waals surface area contributed by atoms with Crippen molar-refractivity contribution in [2.24, 2.45) is 5.92 Å². The van der Waals surface area contributed by atoms with Crippen LogP contribution in [0.3, 0.4) is 0 Å². The molecule has 1 aliphatic heterocycles. The number of hydrogen-bond donors (Lipinski definition) is 0. The highest BCUT2D eigenvalue weighted by molar-refractivity contribution is 5.35. The summed E-state index contributed by atoms with van der Waals surface area (Å²) >= 11 is 0. The SMILES string of the molecule is O=c1n(CCN2CCN(CC3CCCCC3)CC2)nc2ccccn12. The lowest BCUT2D eigenvalue weighted by atomic mass is 9.89. The van der Waals surface area contributed by atoms with Crippen LogP contribution in [0.25, 0.3) is 5.65 Å². The summed E-state index contributed by atoms with van der Waals surface area (Å²) in [5.41, 5.74) is 0.691. The third-order valence-electron chi connectivity index (χ3n) is 5.82. The number of hydrogen-bond acceptors (Lipinski definition) is 4. The van der Waals surface area contributed by atoms with E-state index in [1.165, 1.54) is 38.6 Å².